The van der Waals surface area contributed by atoms with Crippen LogP contribution >= 0.6 is 90.4 Å². The SMILES string of the molecule is C.O=C(OCCOC(=O)c1cc(I)c(O)c(I)c1)c1cc(I)c(O)c(I)c1.O=C(OCCOC(=O)c1ccc(O)cc1)c1ccc(O)cc1. The molecular weight excluding hydrogens is 1100 g/mol. The molecule has 0 aliphatic carbocycles. The summed E-state index contributed by atoms with van der Waals surface area (Å²) in [6.07, 6.45) is 0. The van der Waals surface area contributed by atoms with Crippen LogP contribution in [-0.2, 0) is 18.9 Å². The standard InChI is InChI=1S/C16H10I4O6.C16H14O6.CH4/c17-9-3-7(4-10(18)13(9)21)15(23)25-1-2-26-16(24)8-5-11(19)14(22)12(20)6-8;17-13-5-1-11(2-6-13)15(19)21-9-10-22-16(20)12-3-7-14(18)8-4-12;/h3-6,21-22H,1-2H2;1-8,17-18H,9-10H2;1H4. The summed E-state index contributed by atoms with van der Waals surface area (Å²) in [5.74, 6) is -1.92. The Morgan fingerprint density at radius 2 is 0.653 bits per heavy atom. The number of halogens is 4. The molecule has 0 aromatic heterocycles. The minimum Gasteiger partial charge on any atom is -0.508 e. The highest BCUT2D eigenvalue weighted by atomic mass is 127. The van der Waals surface area contributed by atoms with Gasteiger partial charge in [-0.2, -0.15) is 0 Å². The van der Waals surface area contributed by atoms with E-state index < -0.39 is 23.9 Å². The van der Waals surface area contributed by atoms with E-state index in [0.29, 0.717) is 36.5 Å². The van der Waals surface area contributed by atoms with Gasteiger partial charge in [-0.1, -0.05) is 7.43 Å². The molecule has 0 aliphatic rings. The third-order valence-electron chi connectivity index (χ3n) is 5.81. The Kier molecular flexibility index (Phi) is 17.6. The average Bonchev–Trinajstić information content (AvgIpc) is 3.06. The van der Waals surface area contributed by atoms with Gasteiger partial charge in [0, 0.05) is 0 Å². The fraction of sp³-hybridized carbons (Fsp3) is 0.152. The summed E-state index contributed by atoms with van der Waals surface area (Å²) in [4.78, 5) is 47.3. The first-order valence-corrected chi connectivity index (χ1v) is 17.7. The van der Waals surface area contributed by atoms with Gasteiger partial charge in [0.2, 0.25) is 0 Å². The number of carbonyl (C=O) groups is 4. The van der Waals surface area contributed by atoms with E-state index in [1.807, 2.05) is 90.4 Å². The molecule has 0 radical (unpaired) electrons. The van der Waals surface area contributed by atoms with Gasteiger partial charge in [-0.15, -0.1) is 0 Å². The number of carbonyl (C=O) groups excluding carboxylic acids is 4. The summed E-state index contributed by atoms with van der Waals surface area (Å²) in [7, 11) is 0. The van der Waals surface area contributed by atoms with E-state index in [9.17, 15) is 29.4 Å². The number of ether oxygens (including phenoxy) is 4. The largest absolute Gasteiger partial charge is 0.508 e. The number of phenols is 4. The molecule has 0 spiro atoms. The Balaban J connectivity index is 0.000000338. The molecule has 260 valence electrons. The van der Waals surface area contributed by atoms with E-state index in [4.69, 9.17) is 29.2 Å². The van der Waals surface area contributed by atoms with Crippen LogP contribution in [0.15, 0.2) is 72.8 Å². The molecule has 49 heavy (non-hydrogen) atoms. The van der Waals surface area contributed by atoms with Crippen molar-refractivity contribution < 1.29 is 58.6 Å². The van der Waals surface area contributed by atoms with Gasteiger partial charge in [0.1, 0.15) is 49.4 Å². The molecule has 4 rings (SSSR count). The number of hydrogen-bond acceptors (Lipinski definition) is 12. The topological polar surface area (TPSA) is 186 Å². The highest BCUT2D eigenvalue weighted by molar-refractivity contribution is 14.1. The number of rotatable bonds is 10. The maximum atomic E-state index is 12.0. The van der Waals surface area contributed by atoms with Crippen molar-refractivity contribution in [2.45, 2.75) is 7.43 Å². The summed E-state index contributed by atoms with van der Waals surface area (Å²) in [5, 5.41) is 37.6. The van der Waals surface area contributed by atoms with Gasteiger partial charge in [-0.3, -0.25) is 0 Å². The van der Waals surface area contributed by atoms with Crippen LogP contribution < -0.4 is 0 Å². The molecule has 0 bridgehead atoms. The van der Waals surface area contributed by atoms with Crippen LogP contribution in [0.1, 0.15) is 48.9 Å². The van der Waals surface area contributed by atoms with Crippen molar-refractivity contribution in [2.24, 2.45) is 0 Å². The van der Waals surface area contributed by atoms with Gasteiger partial charge in [0.05, 0.1) is 36.5 Å². The lowest BCUT2D eigenvalue weighted by atomic mass is 10.2. The van der Waals surface area contributed by atoms with Crippen molar-refractivity contribution >= 4 is 114 Å². The summed E-state index contributed by atoms with van der Waals surface area (Å²) in [5.41, 5.74) is 1.21. The van der Waals surface area contributed by atoms with Gasteiger partial charge in [-0.25, -0.2) is 19.2 Å². The second-order valence-corrected chi connectivity index (χ2v) is 13.9. The van der Waals surface area contributed by atoms with Crippen LogP contribution in [0.3, 0.4) is 0 Å². The minimum absolute atomic E-state index is 0. The molecule has 0 amide bonds. The van der Waals surface area contributed by atoms with Gasteiger partial charge in [0.15, 0.2) is 0 Å². The van der Waals surface area contributed by atoms with Gasteiger partial charge < -0.3 is 39.4 Å². The first-order chi connectivity index (χ1) is 22.8. The number of esters is 4. The predicted molar refractivity (Wildman–Crippen MR) is 211 cm³/mol. The van der Waals surface area contributed by atoms with Crippen molar-refractivity contribution in [1.82, 2.24) is 0 Å². The number of hydrogen-bond donors (Lipinski definition) is 4. The van der Waals surface area contributed by atoms with Crippen LogP contribution in [0.2, 0.25) is 0 Å². The second-order valence-electron chi connectivity index (χ2n) is 9.21. The zero-order chi connectivity index (χ0) is 35.4. The van der Waals surface area contributed by atoms with Crippen LogP contribution in [0.5, 0.6) is 23.0 Å². The summed E-state index contributed by atoms with van der Waals surface area (Å²) in [6.45, 7) is -0.344. The Morgan fingerprint density at radius 3 is 0.898 bits per heavy atom. The lowest BCUT2D eigenvalue weighted by Crippen LogP contribution is -2.14. The van der Waals surface area contributed by atoms with Crippen molar-refractivity contribution in [3.05, 3.63) is 109 Å². The Hall–Kier alpha value is -3.12. The van der Waals surface area contributed by atoms with Gasteiger partial charge in [0.25, 0.3) is 0 Å². The Morgan fingerprint density at radius 1 is 0.429 bits per heavy atom. The number of phenolic OH excluding ortho intramolecular Hbond substituents is 4. The summed E-state index contributed by atoms with van der Waals surface area (Å²) < 4.78 is 22.2. The third kappa shape index (κ3) is 13.3. The molecule has 0 saturated carbocycles. The smallest absolute Gasteiger partial charge is 0.338 e. The van der Waals surface area contributed by atoms with Crippen molar-refractivity contribution in [2.75, 3.05) is 26.4 Å². The van der Waals surface area contributed by atoms with E-state index >= 15 is 0 Å². The lowest BCUT2D eigenvalue weighted by Gasteiger charge is -2.09. The molecule has 4 N–H and O–H groups in total. The molecular formula is C33H28I4O12. The van der Waals surface area contributed by atoms with Gasteiger partial charge >= 0.3 is 23.9 Å². The first-order valence-electron chi connectivity index (χ1n) is 13.4. The van der Waals surface area contributed by atoms with Crippen molar-refractivity contribution in [3.63, 3.8) is 0 Å². The highest BCUT2D eigenvalue weighted by Gasteiger charge is 2.15. The fourth-order valence-corrected chi connectivity index (χ4v) is 6.97. The van der Waals surface area contributed by atoms with E-state index in [1.165, 1.54) is 72.8 Å². The monoisotopic (exact) mass is 1120 g/mol. The highest BCUT2D eigenvalue weighted by Crippen LogP contribution is 2.28. The normalized spacial score (nSPS) is 10.0. The Labute approximate surface area is 335 Å². The number of aromatic hydroxyl groups is 4. The minimum atomic E-state index is -0.569. The summed E-state index contributed by atoms with van der Waals surface area (Å²) in [6, 6.07) is 17.3. The van der Waals surface area contributed by atoms with E-state index in [0.717, 1.165) is 0 Å². The molecule has 0 heterocycles. The molecule has 12 nitrogen and oxygen atoms in total. The van der Waals surface area contributed by atoms with Crippen LogP contribution in [0.4, 0.5) is 0 Å². The fourth-order valence-electron chi connectivity index (χ4n) is 3.43. The van der Waals surface area contributed by atoms with E-state index in [-0.39, 0.29) is 56.9 Å². The van der Waals surface area contributed by atoms with Crippen LogP contribution in [0.25, 0.3) is 0 Å². The predicted octanol–water partition coefficient (Wildman–Crippen LogP) is 7.28. The van der Waals surface area contributed by atoms with Crippen LogP contribution in [0, 0.1) is 14.3 Å². The van der Waals surface area contributed by atoms with Crippen LogP contribution in [-0.4, -0.2) is 70.7 Å². The molecule has 0 saturated heterocycles. The quantitative estimate of drug-likeness (QED) is 0.0540. The molecule has 0 aliphatic heterocycles. The zero-order valence-electron chi connectivity index (χ0n) is 24.3. The maximum Gasteiger partial charge on any atom is 0.338 e. The van der Waals surface area contributed by atoms with Gasteiger partial charge in [-0.05, 0) is 163 Å². The second kappa shape index (κ2) is 20.5. The lowest BCUT2D eigenvalue weighted by molar-refractivity contribution is 0.0265. The molecule has 16 heteroatoms. The molecule has 0 unspecified atom stereocenters. The molecule has 0 atom stereocenters. The third-order valence-corrected chi connectivity index (χ3v) is 9.10. The number of benzene rings is 4. The van der Waals surface area contributed by atoms with Crippen molar-refractivity contribution in [1.29, 1.82) is 0 Å². The maximum absolute atomic E-state index is 12.0. The van der Waals surface area contributed by atoms with E-state index in [2.05, 4.69) is 0 Å². The first kappa shape index (κ1) is 42.0. The van der Waals surface area contributed by atoms with Crippen molar-refractivity contribution in [3.8, 4) is 23.0 Å². The van der Waals surface area contributed by atoms with E-state index in [1.54, 1.807) is 0 Å². The summed E-state index contributed by atoms with van der Waals surface area (Å²) >= 11 is 7.70. The molecule has 4 aromatic carbocycles. The Bertz CT molecular complexity index is 1600. The molecule has 4 aromatic rings. The molecule has 0 fully saturated rings. The average molecular weight is 1120 g/mol. The zero-order valence-corrected chi connectivity index (χ0v) is 33.0.